The Labute approximate surface area is 205 Å². The molecule has 2 aromatic carbocycles. The van der Waals surface area contributed by atoms with Crippen molar-refractivity contribution < 1.29 is 62.6 Å². The molecule has 0 saturated heterocycles. The highest BCUT2D eigenvalue weighted by Gasteiger charge is 2.76. The lowest BCUT2D eigenvalue weighted by Crippen LogP contribution is -2.54. The molecule has 7 nitrogen and oxygen atoms in total. The summed E-state index contributed by atoms with van der Waals surface area (Å²) in [7, 11) is -4.45. The Morgan fingerprint density at radius 1 is 1.00 bits per heavy atom. The number of carbonyl (C=O) groups is 1. The van der Waals surface area contributed by atoms with E-state index in [9.17, 15) is 63.0 Å². The molecule has 2 aromatic rings. The quantitative estimate of drug-likeness (QED) is 0.225. The van der Waals surface area contributed by atoms with Crippen molar-refractivity contribution in [3.8, 4) is 5.75 Å². The number of carbonyl (C=O) groups excluding carboxylic acids is 1. The van der Waals surface area contributed by atoms with Crippen molar-refractivity contribution in [2.24, 2.45) is 0 Å². The number of nitro benzene ring substituents is 1. The molecule has 0 fully saturated rings. The summed E-state index contributed by atoms with van der Waals surface area (Å²) in [6.45, 7) is -1.15. The van der Waals surface area contributed by atoms with E-state index in [0.717, 1.165) is 6.07 Å². The molecule has 1 amide bonds. The van der Waals surface area contributed by atoms with Crippen molar-refractivity contribution in [1.82, 2.24) is 0 Å². The summed E-state index contributed by atoms with van der Waals surface area (Å²) in [4.78, 5) is 20.3. The van der Waals surface area contributed by atoms with Crippen LogP contribution >= 0.6 is 11.6 Å². The predicted octanol–water partition coefficient (Wildman–Crippen LogP) is 6.18. The number of ether oxygens (including phenoxy) is 1. The Morgan fingerprint density at radius 3 is 2.11 bits per heavy atom. The van der Waals surface area contributed by atoms with Gasteiger partial charge in [-0.05, 0) is 30.3 Å². The summed E-state index contributed by atoms with van der Waals surface area (Å²) in [5, 5.41) is 6.55. The molecule has 0 aliphatic rings. The van der Waals surface area contributed by atoms with E-state index in [2.05, 4.69) is 0 Å². The van der Waals surface area contributed by atoms with Crippen LogP contribution in [0, 0.1) is 10.1 Å². The number of hydrogen-bond acceptors (Lipinski definition) is 5. The van der Waals surface area contributed by atoms with E-state index in [-0.39, 0.29) is 17.2 Å². The van der Waals surface area contributed by atoms with Gasteiger partial charge in [-0.25, -0.2) is 4.21 Å². The third-order valence-corrected chi connectivity index (χ3v) is 5.96. The molecule has 2 rings (SSSR count). The molecule has 0 spiro atoms. The van der Waals surface area contributed by atoms with Crippen LogP contribution in [0.4, 0.5) is 55.3 Å². The third kappa shape index (κ3) is 6.41. The molecule has 204 valence electrons. The van der Waals surface area contributed by atoms with E-state index in [1.54, 1.807) is 0 Å². The van der Waals surface area contributed by atoms with Gasteiger partial charge in [-0.15, -0.1) is 0 Å². The number of halogens is 11. The van der Waals surface area contributed by atoms with Gasteiger partial charge in [0.1, 0.15) is 10.8 Å². The average molecular weight is 591 g/mol. The summed E-state index contributed by atoms with van der Waals surface area (Å²) in [6, 6.07) is 2.48. The number of nitrogens with zero attached hydrogens (tertiary/aromatic N) is 1. The van der Waals surface area contributed by atoms with Crippen LogP contribution in [-0.2, 0) is 21.8 Å². The number of hydrogen-bond donors (Lipinski definition) is 1. The lowest BCUT2D eigenvalue weighted by Gasteiger charge is -2.27. The topological polar surface area (TPSA) is 98.5 Å². The smallest absolute Gasteiger partial charge is 0.461 e. The first-order valence-electron chi connectivity index (χ1n) is 9.02. The average Bonchev–Trinajstić information content (AvgIpc) is 2.76. The molecule has 37 heavy (non-hydrogen) atoms. The first kappa shape index (κ1) is 30.1. The van der Waals surface area contributed by atoms with Crippen molar-refractivity contribution in [1.29, 1.82) is 0 Å². The van der Waals surface area contributed by atoms with Crippen molar-refractivity contribution in [2.45, 2.75) is 28.4 Å². The van der Waals surface area contributed by atoms with E-state index >= 15 is 0 Å². The molecule has 0 saturated carbocycles. The molecule has 1 N–H and O–H groups in total. The van der Waals surface area contributed by atoms with Gasteiger partial charge in [0.15, 0.2) is 12.4 Å². The van der Waals surface area contributed by atoms with Crippen LogP contribution in [0.25, 0.3) is 0 Å². The first-order chi connectivity index (χ1) is 16.7. The Morgan fingerprint density at radius 2 is 1.59 bits per heavy atom. The van der Waals surface area contributed by atoms with Gasteiger partial charge in [0.05, 0.1) is 26.1 Å². The van der Waals surface area contributed by atoms with Gasteiger partial charge in [-0.3, -0.25) is 14.9 Å². The summed E-state index contributed by atoms with van der Waals surface area (Å²) >= 11 is 5.69. The summed E-state index contributed by atoms with van der Waals surface area (Å²) in [5.74, 6) is -8.90. The number of anilines is 1. The zero-order valence-electron chi connectivity index (χ0n) is 17.2. The van der Waals surface area contributed by atoms with Crippen LogP contribution in [-0.4, -0.2) is 39.0 Å². The Kier molecular flexibility index (Phi) is 8.38. The zero-order valence-corrected chi connectivity index (χ0v) is 18.8. The normalized spacial score (nSPS) is 13.7. The highest BCUT2D eigenvalue weighted by Crippen LogP contribution is 2.49. The van der Waals surface area contributed by atoms with Gasteiger partial charge in [-0.1, -0.05) is 11.6 Å². The van der Waals surface area contributed by atoms with Crippen LogP contribution in [0.2, 0.25) is 5.02 Å². The van der Waals surface area contributed by atoms with Gasteiger partial charge < -0.3 is 10.1 Å². The summed E-state index contributed by atoms with van der Waals surface area (Å²) in [5.41, 5.74) is -3.08. The van der Waals surface area contributed by atoms with Crippen LogP contribution in [0.5, 0.6) is 5.75 Å². The van der Waals surface area contributed by atoms with E-state index in [4.69, 9.17) is 16.3 Å². The zero-order chi connectivity index (χ0) is 28.6. The summed E-state index contributed by atoms with van der Waals surface area (Å²) in [6.07, 6.45) is -11.6. The Balaban J connectivity index is 2.26. The third-order valence-electron chi connectivity index (χ3n) is 4.22. The highest BCUT2D eigenvalue weighted by molar-refractivity contribution is 7.86. The van der Waals surface area contributed by atoms with Crippen molar-refractivity contribution in [3.63, 3.8) is 0 Å². The number of benzene rings is 2. The second-order valence-electron chi connectivity index (χ2n) is 6.77. The van der Waals surface area contributed by atoms with Crippen molar-refractivity contribution in [2.75, 3.05) is 11.9 Å². The number of rotatable bonds is 8. The van der Waals surface area contributed by atoms with E-state index in [1.807, 2.05) is 5.32 Å². The Bertz CT molecular complexity index is 1240. The van der Waals surface area contributed by atoms with Crippen LogP contribution < -0.4 is 10.1 Å². The van der Waals surface area contributed by atoms with Crippen LogP contribution in [0.1, 0.15) is 5.56 Å². The fourth-order valence-electron chi connectivity index (χ4n) is 2.43. The maximum absolute atomic E-state index is 13.7. The molecular formula is C18H9ClF10N2O5S. The van der Waals surface area contributed by atoms with E-state index < -0.39 is 79.3 Å². The monoisotopic (exact) mass is 590 g/mol. The molecule has 0 radical (unpaired) electrons. The van der Waals surface area contributed by atoms with E-state index in [0.29, 0.717) is 18.2 Å². The minimum Gasteiger partial charge on any atom is -0.477 e. The molecule has 0 aliphatic carbocycles. The largest absolute Gasteiger partial charge is 0.477 e. The molecular weight excluding hydrogens is 582 g/mol. The molecule has 0 aromatic heterocycles. The van der Waals surface area contributed by atoms with Crippen LogP contribution in [0.3, 0.4) is 0 Å². The molecule has 19 heteroatoms. The molecule has 1 atom stereocenters. The van der Waals surface area contributed by atoms with Crippen LogP contribution in [0.15, 0.2) is 41.3 Å². The molecule has 0 heterocycles. The van der Waals surface area contributed by atoms with E-state index in [1.165, 1.54) is 0 Å². The second-order valence-corrected chi connectivity index (χ2v) is 8.70. The highest BCUT2D eigenvalue weighted by atomic mass is 35.5. The molecule has 1 unspecified atom stereocenters. The SMILES string of the molecule is O=C(COc1ccc(S(=O)C(F)(F)C(F)(F)C(F)(F)F)cc1[N+](=O)[O-])Nc1cc(C(F)(F)F)ccc1Cl. The lowest BCUT2D eigenvalue weighted by molar-refractivity contribution is -0.386. The number of nitrogens with one attached hydrogen (secondary N) is 1. The first-order valence-corrected chi connectivity index (χ1v) is 10.5. The Hall–Kier alpha value is -3.15. The lowest BCUT2D eigenvalue weighted by atomic mass is 10.2. The number of nitro groups is 1. The standard InChI is InChI=1S/C18H9ClF10N2O5S/c19-10-3-1-8(15(20,21)22)5-11(10)30-14(32)7-36-13-4-2-9(6-12(13)31(33)34)37(35)18(28,29)16(23,24)17(25,26)27/h1-6H,7H2,(H,30,32). The van der Waals surface area contributed by atoms with Crippen molar-refractivity contribution in [3.05, 3.63) is 57.1 Å². The number of amides is 1. The fourth-order valence-corrected chi connectivity index (χ4v) is 3.65. The fraction of sp³-hybridized carbons (Fsp3) is 0.278. The summed E-state index contributed by atoms with van der Waals surface area (Å²) < 4.78 is 146. The minimum absolute atomic E-state index is 0.0343. The maximum atomic E-state index is 13.7. The van der Waals surface area contributed by atoms with Gasteiger partial charge in [0.2, 0.25) is 0 Å². The van der Waals surface area contributed by atoms with Crippen molar-refractivity contribution >= 4 is 39.7 Å². The maximum Gasteiger partial charge on any atom is 0.461 e. The molecule has 0 bridgehead atoms. The minimum atomic E-state index is -6.81. The predicted molar refractivity (Wildman–Crippen MR) is 106 cm³/mol. The number of alkyl halides is 10. The second kappa shape index (κ2) is 10.3. The van der Waals surface area contributed by atoms with Gasteiger partial charge >= 0.3 is 29.2 Å². The molecule has 0 aliphatic heterocycles. The van der Waals surface area contributed by atoms with Gasteiger partial charge in [0, 0.05) is 6.07 Å². The van der Waals surface area contributed by atoms with Gasteiger partial charge in [0.25, 0.3) is 5.91 Å². The van der Waals surface area contributed by atoms with Gasteiger partial charge in [-0.2, -0.15) is 43.9 Å².